The largest absolute Gasteiger partial charge is 0.317 e. The van der Waals surface area contributed by atoms with E-state index in [0.717, 1.165) is 11.0 Å². The van der Waals surface area contributed by atoms with E-state index < -0.39 is 0 Å². The van der Waals surface area contributed by atoms with Crippen molar-refractivity contribution in [3.05, 3.63) is 34.3 Å². The highest BCUT2D eigenvalue weighted by Crippen LogP contribution is 2.33. The zero-order valence-corrected chi connectivity index (χ0v) is 13.7. The molecule has 1 aliphatic heterocycles. The molecule has 1 aromatic carbocycles. The van der Waals surface area contributed by atoms with Crippen LogP contribution in [0.2, 0.25) is 0 Å². The highest BCUT2D eigenvalue weighted by atomic mass is 79.9. The van der Waals surface area contributed by atoms with Crippen LogP contribution in [-0.2, 0) is 6.54 Å². The molecule has 106 valence electrons. The average molecular weight is 325 g/mol. The fourth-order valence-corrected chi connectivity index (χ4v) is 3.37. The summed E-state index contributed by atoms with van der Waals surface area (Å²) in [6, 6.07) is 8.68. The molecule has 0 saturated carbocycles. The molecule has 0 radical (unpaired) electrons. The molecule has 0 amide bonds. The van der Waals surface area contributed by atoms with Gasteiger partial charge in [-0.05, 0) is 62.5 Å². The molecule has 0 aliphatic carbocycles. The third-order valence-corrected chi connectivity index (χ3v) is 4.91. The Balaban J connectivity index is 1.92. The highest BCUT2D eigenvalue weighted by Gasteiger charge is 2.31. The van der Waals surface area contributed by atoms with Crippen molar-refractivity contribution >= 4 is 15.9 Å². The maximum atomic E-state index is 3.49. The lowest BCUT2D eigenvalue weighted by atomic mass is 9.76. The van der Waals surface area contributed by atoms with Gasteiger partial charge in [0.05, 0.1) is 0 Å². The van der Waals surface area contributed by atoms with E-state index in [1.807, 2.05) is 0 Å². The van der Waals surface area contributed by atoms with Crippen LogP contribution >= 0.6 is 15.9 Å². The first-order chi connectivity index (χ1) is 9.13. The molecule has 19 heavy (non-hydrogen) atoms. The van der Waals surface area contributed by atoms with Gasteiger partial charge in [0.2, 0.25) is 0 Å². The molecular weight excluding hydrogens is 300 g/mol. The van der Waals surface area contributed by atoms with Crippen molar-refractivity contribution in [1.29, 1.82) is 0 Å². The summed E-state index contributed by atoms with van der Waals surface area (Å²) in [6.07, 6.45) is 3.92. The van der Waals surface area contributed by atoms with Gasteiger partial charge >= 0.3 is 0 Å². The summed E-state index contributed by atoms with van der Waals surface area (Å²) in [5.74, 6) is 0. The van der Waals surface area contributed by atoms with E-state index in [-0.39, 0.29) is 0 Å². The Bertz CT molecular complexity index is 382. The van der Waals surface area contributed by atoms with E-state index in [1.54, 1.807) is 0 Å². The van der Waals surface area contributed by atoms with Crippen LogP contribution in [0.1, 0.15) is 31.7 Å². The topological polar surface area (TPSA) is 15.3 Å². The zero-order valence-electron chi connectivity index (χ0n) is 12.1. The van der Waals surface area contributed by atoms with E-state index in [1.165, 1.54) is 44.5 Å². The standard InChI is InChI=1S/C16H25BrN2/c1-3-16(8-10-18-11-9-16)13-19(2)12-14-4-6-15(17)7-5-14/h4-7,18H,3,8-13H2,1-2H3. The molecule has 3 heteroatoms. The summed E-state index contributed by atoms with van der Waals surface area (Å²) in [4.78, 5) is 2.48. The van der Waals surface area contributed by atoms with E-state index >= 15 is 0 Å². The number of nitrogens with zero attached hydrogens (tertiary/aromatic N) is 1. The minimum absolute atomic E-state index is 0.523. The molecule has 0 spiro atoms. The summed E-state index contributed by atoms with van der Waals surface area (Å²) >= 11 is 3.49. The van der Waals surface area contributed by atoms with Crippen LogP contribution in [0, 0.1) is 5.41 Å². The van der Waals surface area contributed by atoms with Crippen molar-refractivity contribution in [3.63, 3.8) is 0 Å². The van der Waals surface area contributed by atoms with Gasteiger partial charge in [0.25, 0.3) is 0 Å². The summed E-state index contributed by atoms with van der Waals surface area (Å²) in [5, 5.41) is 3.48. The number of halogens is 1. The van der Waals surface area contributed by atoms with Crippen LogP contribution in [0.25, 0.3) is 0 Å². The van der Waals surface area contributed by atoms with Gasteiger partial charge in [0, 0.05) is 17.6 Å². The van der Waals surface area contributed by atoms with Gasteiger partial charge in [-0.15, -0.1) is 0 Å². The molecule has 0 bridgehead atoms. The van der Waals surface area contributed by atoms with Gasteiger partial charge in [-0.3, -0.25) is 0 Å². The molecule has 0 atom stereocenters. The van der Waals surface area contributed by atoms with Crippen molar-refractivity contribution in [2.45, 2.75) is 32.7 Å². The monoisotopic (exact) mass is 324 g/mol. The van der Waals surface area contributed by atoms with Crippen molar-refractivity contribution < 1.29 is 0 Å². The summed E-state index contributed by atoms with van der Waals surface area (Å²) in [5.41, 5.74) is 1.92. The molecule has 1 fully saturated rings. The summed E-state index contributed by atoms with van der Waals surface area (Å²) in [6.45, 7) is 6.96. The van der Waals surface area contributed by atoms with Gasteiger partial charge in [-0.2, -0.15) is 0 Å². The minimum Gasteiger partial charge on any atom is -0.317 e. The normalized spacial score (nSPS) is 18.7. The van der Waals surface area contributed by atoms with Crippen molar-refractivity contribution in [2.75, 3.05) is 26.7 Å². The van der Waals surface area contributed by atoms with Crippen molar-refractivity contribution in [3.8, 4) is 0 Å². The number of hydrogen-bond donors (Lipinski definition) is 1. The maximum absolute atomic E-state index is 3.49. The van der Waals surface area contributed by atoms with Gasteiger partial charge in [0.1, 0.15) is 0 Å². The van der Waals surface area contributed by atoms with Crippen molar-refractivity contribution in [1.82, 2.24) is 10.2 Å². The lowest BCUT2D eigenvalue weighted by Crippen LogP contribution is -2.43. The number of hydrogen-bond acceptors (Lipinski definition) is 2. The van der Waals surface area contributed by atoms with Crippen LogP contribution in [0.15, 0.2) is 28.7 Å². The molecule has 1 heterocycles. The number of rotatable bonds is 5. The van der Waals surface area contributed by atoms with Crippen LogP contribution in [0.4, 0.5) is 0 Å². The Morgan fingerprint density at radius 2 is 1.84 bits per heavy atom. The first-order valence-electron chi connectivity index (χ1n) is 7.27. The Hall–Kier alpha value is -0.380. The van der Waals surface area contributed by atoms with Gasteiger partial charge in [-0.1, -0.05) is 35.0 Å². The van der Waals surface area contributed by atoms with Crippen LogP contribution < -0.4 is 5.32 Å². The number of benzene rings is 1. The van der Waals surface area contributed by atoms with Crippen LogP contribution in [-0.4, -0.2) is 31.6 Å². The fraction of sp³-hybridized carbons (Fsp3) is 0.625. The Kier molecular flexibility index (Phi) is 5.43. The first-order valence-corrected chi connectivity index (χ1v) is 8.06. The summed E-state index contributed by atoms with van der Waals surface area (Å²) < 4.78 is 1.15. The van der Waals surface area contributed by atoms with Crippen molar-refractivity contribution in [2.24, 2.45) is 5.41 Å². The van der Waals surface area contributed by atoms with Gasteiger partial charge < -0.3 is 10.2 Å². The Morgan fingerprint density at radius 1 is 1.21 bits per heavy atom. The lowest BCUT2D eigenvalue weighted by molar-refractivity contribution is 0.119. The molecule has 1 N–H and O–H groups in total. The smallest absolute Gasteiger partial charge is 0.0230 e. The molecule has 1 aliphatic rings. The quantitative estimate of drug-likeness (QED) is 0.889. The average Bonchev–Trinajstić information content (AvgIpc) is 2.42. The Labute approximate surface area is 125 Å². The van der Waals surface area contributed by atoms with E-state index in [2.05, 4.69) is 64.4 Å². The zero-order chi connectivity index (χ0) is 13.7. The third-order valence-electron chi connectivity index (χ3n) is 4.39. The summed E-state index contributed by atoms with van der Waals surface area (Å²) in [7, 11) is 2.25. The van der Waals surface area contributed by atoms with E-state index in [9.17, 15) is 0 Å². The fourth-order valence-electron chi connectivity index (χ4n) is 3.11. The van der Waals surface area contributed by atoms with Crippen LogP contribution in [0.3, 0.4) is 0 Å². The molecule has 2 nitrogen and oxygen atoms in total. The van der Waals surface area contributed by atoms with E-state index in [4.69, 9.17) is 0 Å². The Morgan fingerprint density at radius 3 is 2.42 bits per heavy atom. The van der Waals surface area contributed by atoms with Crippen LogP contribution in [0.5, 0.6) is 0 Å². The second kappa shape index (κ2) is 6.87. The third kappa shape index (κ3) is 4.30. The molecular formula is C16H25BrN2. The van der Waals surface area contributed by atoms with Gasteiger partial charge in [-0.25, -0.2) is 0 Å². The number of nitrogens with one attached hydrogen (secondary N) is 1. The number of piperidine rings is 1. The second-order valence-electron chi connectivity index (χ2n) is 5.90. The molecule has 0 aromatic heterocycles. The van der Waals surface area contributed by atoms with Gasteiger partial charge in [0.15, 0.2) is 0 Å². The predicted octanol–water partition coefficient (Wildman–Crippen LogP) is 3.66. The minimum atomic E-state index is 0.523. The van der Waals surface area contributed by atoms with E-state index in [0.29, 0.717) is 5.41 Å². The predicted molar refractivity (Wildman–Crippen MR) is 85.3 cm³/mol. The second-order valence-corrected chi connectivity index (χ2v) is 6.82. The highest BCUT2D eigenvalue weighted by molar-refractivity contribution is 9.10. The molecule has 2 rings (SSSR count). The molecule has 1 saturated heterocycles. The lowest BCUT2D eigenvalue weighted by Gasteiger charge is -2.40. The maximum Gasteiger partial charge on any atom is 0.0230 e. The molecule has 0 unspecified atom stereocenters. The SMILES string of the molecule is CCC1(CN(C)Cc2ccc(Br)cc2)CCNCC1. The molecule has 1 aromatic rings. The first kappa shape index (κ1) is 15.0.